The van der Waals surface area contributed by atoms with Gasteiger partial charge >= 0.3 is 0 Å². The Kier molecular flexibility index (Phi) is 5.90. The van der Waals surface area contributed by atoms with Crippen LogP contribution < -0.4 is 0 Å². The van der Waals surface area contributed by atoms with Gasteiger partial charge in [-0.1, -0.05) is 13.8 Å². The van der Waals surface area contributed by atoms with E-state index in [4.69, 9.17) is 4.74 Å². The molecule has 1 aliphatic heterocycles. The van der Waals surface area contributed by atoms with Crippen LogP contribution in [-0.2, 0) is 4.74 Å². The average molecular weight is 243 g/mol. The van der Waals surface area contributed by atoms with Crippen molar-refractivity contribution in [1.82, 2.24) is 4.90 Å². The minimum Gasteiger partial charge on any atom is -0.389 e. The summed E-state index contributed by atoms with van der Waals surface area (Å²) in [6, 6.07) is 0. The van der Waals surface area contributed by atoms with Crippen LogP contribution in [0.5, 0.6) is 0 Å². The maximum Gasteiger partial charge on any atom is 0.0900 e. The third kappa shape index (κ3) is 5.84. The lowest BCUT2D eigenvalue weighted by molar-refractivity contribution is -0.0689. The summed E-state index contributed by atoms with van der Waals surface area (Å²) in [5.74, 6) is 0.768. The lowest BCUT2D eigenvalue weighted by Crippen LogP contribution is -2.41. The van der Waals surface area contributed by atoms with E-state index >= 15 is 0 Å². The quantitative estimate of drug-likeness (QED) is 0.777. The fraction of sp³-hybridized carbons (Fsp3) is 1.00. The summed E-state index contributed by atoms with van der Waals surface area (Å²) in [5.41, 5.74) is -0.115. The van der Waals surface area contributed by atoms with Crippen LogP contribution in [0.1, 0.15) is 47.0 Å². The number of aliphatic hydroxyl groups excluding tert-OH is 1. The van der Waals surface area contributed by atoms with Crippen LogP contribution in [0.25, 0.3) is 0 Å². The van der Waals surface area contributed by atoms with E-state index < -0.39 is 0 Å². The number of ether oxygens (including phenoxy) is 1. The van der Waals surface area contributed by atoms with Crippen LogP contribution in [-0.4, -0.2) is 48.0 Å². The van der Waals surface area contributed by atoms with Crippen LogP contribution in [0.3, 0.4) is 0 Å². The molecule has 0 radical (unpaired) electrons. The van der Waals surface area contributed by atoms with Crippen molar-refractivity contribution in [3.8, 4) is 0 Å². The molecule has 0 bridgehead atoms. The molecule has 1 aliphatic rings. The van der Waals surface area contributed by atoms with E-state index in [-0.39, 0.29) is 11.7 Å². The fourth-order valence-electron chi connectivity index (χ4n) is 2.23. The molecule has 102 valence electrons. The summed E-state index contributed by atoms with van der Waals surface area (Å²) in [7, 11) is 0. The van der Waals surface area contributed by atoms with Gasteiger partial charge in [-0.2, -0.15) is 0 Å². The summed E-state index contributed by atoms with van der Waals surface area (Å²) >= 11 is 0. The number of β-amino-alcohol motifs (C(OH)–C–C–N with tert-alkyl or cyclic N) is 1. The number of likely N-dealkylation sites (tertiary alicyclic amines) is 1. The topological polar surface area (TPSA) is 32.7 Å². The summed E-state index contributed by atoms with van der Waals surface area (Å²) < 4.78 is 5.73. The normalized spacial score (nSPS) is 24.9. The average Bonchev–Trinajstić information content (AvgIpc) is 2.27. The zero-order valence-corrected chi connectivity index (χ0v) is 11.9. The Morgan fingerprint density at radius 1 is 1.47 bits per heavy atom. The molecule has 1 heterocycles. The molecule has 1 fully saturated rings. The van der Waals surface area contributed by atoms with E-state index in [1.165, 1.54) is 12.8 Å². The lowest BCUT2D eigenvalue weighted by atomic mass is 10.00. The number of hydrogen-bond donors (Lipinski definition) is 1. The number of rotatable bonds is 6. The predicted molar refractivity (Wildman–Crippen MR) is 71.2 cm³/mol. The van der Waals surface area contributed by atoms with Crippen LogP contribution in [0, 0.1) is 5.92 Å². The molecule has 1 rings (SSSR count). The van der Waals surface area contributed by atoms with Gasteiger partial charge in [-0.25, -0.2) is 0 Å². The van der Waals surface area contributed by atoms with Crippen molar-refractivity contribution in [1.29, 1.82) is 0 Å². The number of hydrogen-bond acceptors (Lipinski definition) is 3. The van der Waals surface area contributed by atoms with Crippen LogP contribution in [0.2, 0.25) is 0 Å². The van der Waals surface area contributed by atoms with Crippen molar-refractivity contribution in [3.63, 3.8) is 0 Å². The van der Waals surface area contributed by atoms with Crippen molar-refractivity contribution in [2.24, 2.45) is 5.92 Å². The first-order valence-corrected chi connectivity index (χ1v) is 6.97. The molecule has 3 heteroatoms. The summed E-state index contributed by atoms with van der Waals surface area (Å²) in [6.07, 6.45) is 3.20. The molecule has 0 aromatic carbocycles. The summed E-state index contributed by atoms with van der Waals surface area (Å²) in [6.45, 7) is 12.0. The molecule has 0 aromatic rings. The highest BCUT2D eigenvalue weighted by Gasteiger charge is 2.21. The zero-order chi connectivity index (χ0) is 12.9. The van der Waals surface area contributed by atoms with Gasteiger partial charge in [0.05, 0.1) is 18.3 Å². The van der Waals surface area contributed by atoms with E-state index in [9.17, 15) is 5.11 Å². The van der Waals surface area contributed by atoms with E-state index in [0.29, 0.717) is 6.61 Å². The third-order valence-electron chi connectivity index (χ3n) is 3.73. The minimum atomic E-state index is -0.355. The van der Waals surface area contributed by atoms with Crippen molar-refractivity contribution in [2.45, 2.75) is 58.7 Å². The molecule has 3 nitrogen and oxygen atoms in total. The highest BCUT2D eigenvalue weighted by atomic mass is 16.5. The number of aliphatic hydroxyl groups is 1. The van der Waals surface area contributed by atoms with Crippen LogP contribution >= 0.6 is 0 Å². The van der Waals surface area contributed by atoms with E-state index in [1.807, 2.05) is 0 Å². The van der Waals surface area contributed by atoms with E-state index in [0.717, 1.165) is 32.0 Å². The van der Waals surface area contributed by atoms with E-state index in [2.05, 4.69) is 32.6 Å². The maximum atomic E-state index is 9.98. The van der Waals surface area contributed by atoms with Gasteiger partial charge in [0, 0.05) is 13.1 Å². The second-order valence-electron chi connectivity index (χ2n) is 6.09. The third-order valence-corrected chi connectivity index (χ3v) is 3.73. The highest BCUT2D eigenvalue weighted by molar-refractivity contribution is 4.73. The summed E-state index contributed by atoms with van der Waals surface area (Å²) in [4.78, 5) is 2.36. The predicted octanol–water partition coefficient (Wildman–Crippen LogP) is 2.28. The van der Waals surface area contributed by atoms with Gasteiger partial charge in [0.2, 0.25) is 0 Å². The number of nitrogens with zero attached hydrogens (tertiary/aromatic N) is 1. The van der Waals surface area contributed by atoms with Crippen molar-refractivity contribution in [3.05, 3.63) is 0 Å². The number of piperidine rings is 1. The fourth-order valence-corrected chi connectivity index (χ4v) is 2.23. The Bertz CT molecular complexity index is 218. The molecule has 0 aromatic heterocycles. The van der Waals surface area contributed by atoms with Gasteiger partial charge in [0.25, 0.3) is 0 Å². The Labute approximate surface area is 106 Å². The Morgan fingerprint density at radius 3 is 2.76 bits per heavy atom. The first-order chi connectivity index (χ1) is 7.93. The Morgan fingerprint density at radius 2 is 2.18 bits per heavy atom. The zero-order valence-electron chi connectivity index (χ0n) is 11.9. The van der Waals surface area contributed by atoms with Gasteiger partial charge < -0.3 is 14.7 Å². The van der Waals surface area contributed by atoms with Gasteiger partial charge in [-0.05, 0) is 45.6 Å². The Hall–Kier alpha value is -0.120. The van der Waals surface area contributed by atoms with Crippen molar-refractivity contribution < 1.29 is 9.84 Å². The smallest absolute Gasteiger partial charge is 0.0900 e. The first kappa shape index (κ1) is 14.9. The molecule has 1 saturated heterocycles. The standard InChI is InChI=1S/C14H29NO2/c1-5-14(3,4)17-11-13(16)10-15-8-6-7-12(2)9-15/h12-13,16H,5-11H2,1-4H3/t12-,13-/m0/s1. The first-order valence-electron chi connectivity index (χ1n) is 6.97. The summed E-state index contributed by atoms with van der Waals surface area (Å²) in [5, 5.41) is 9.98. The molecule has 17 heavy (non-hydrogen) atoms. The second-order valence-corrected chi connectivity index (χ2v) is 6.09. The monoisotopic (exact) mass is 243 g/mol. The van der Waals surface area contributed by atoms with Gasteiger partial charge in [-0.15, -0.1) is 0 Å². The minimum absolute atomic E-state index is 0.115. The molecular weight excluding hydrogens is 214 g/mol. The van der Waals surface area contributed by atoms with Crippen molar-refractivity contribution >= 4 is 0 Å². The second kappa shape index (κ2) is 6.72. The van der Waals surface area contributed by atoms with Crippen molar-refractivity contribution in [2.75, 3.05) is 26.2 Å². The molecule has 1 N–H and O–H groups in total. The van der Waals surface area contributed by atoms with Gasteiger partial charge in [0.1, 0.15) is 0 Å². The molecule has 0 aliphatic carbocycles. The molecule has 0 spiro atoms. The maximum absolute atomic E-state index is 9.98. The molecule has 0 saturated carbocycles. The SMILES string of the molecule is CCC(C)(C)OC[C@@H](O)CN1CCC[C@H](C)C1. The lowest BCUT2D eigenvalue weighted by Gasteiger charge is -2.33. The largest absolute Gasteiger partial charge is 0.389 e. The molecule has 2 atom stereocenters. The molecular formula is C14H29NO2. The Balaban J connectivity index is 2.22. The molecule has 0 unspecified atom stereocenters. The van der Waals surface area contributed by atoms with Crippen LogP contribution in [0.4, 0.5) is 0 Å². The van der Waals surface area contributed by atoms with Gasteiger partial charge in [-0.3, -0.25) is 0 Å². The van der Waals surface area contributed by atoms with E-state index in [1.54, 1.807) is 0 Å². The molecule has 0 amide bonds. The van der Waals surface area contributed by atoms with Crippen LogP contribution in [0.15, 0.2) is 0 Å². The highest BCUT2D eigenvalue weighted by Crippen LogP contribution is 2.17. The van der Waals surface area contributed by atoms with Gasteiger partial charge in [0.15, 0.2) is 0 Å².